The van der Waals surface area contributed by atoms with Crippen molar-refractivity contribution < 1.29 is 14.3 Å². The van der Waals surface area contributed by atoms with Crippen LogP contribution in [0.1, 0.15) is 56.6 Å². The van der Waals surface area contributed by atoms with Gasteiger partial charge in [-0.05, 0) is 54.3 Å². The molecule has 0 amide bonds. The first kappa shape index (κ1) is 21.6. The number of halogens is 1. The van der Waals surface area contributed by atoms with Crippen LogP contribution in [0.2, 0.25) is 0 Å². The molecule has 3 nitrogen and oxygen atoms in total. The Hall–Kier alpha value is -2.07. The molecule has 0 radical (unpaired) electrons. The van der Waals surface area contributed by atoms with Crippen molar-refractivity contribution >= 4 is 21.7 Å². The summed E-state index contributed by atoms with van der Waals surface area (Å²) in [6, 6.07) is 14.5. The van der Waals surface area contributed by atoms with E-state index in [1.165, 1.54) is 24.8 Å². The number of hydrogen-bond acceptors (Lipinski definition) is 3. The monoisotopic (exact) mass is 456 g/mol. The number of ketones is 1. The number of carbonyl (C=O) groups is 1. The molecule has 1 aliphatic carbocycles. The lowest BCUT2D eigenvalue weighted by Crippen LogP contribution is -2.29. The van der Waals surface area contributed by atoms with Crippen LogP contribution in [0.15, 0.2) is 59.1 Å². The van der Waals surface area contributed by atoms with Crippen molar-refractivity contribution in [3.63, 3.8) is 0 Å². The molecule has 1 unspecified atom stereocenters. The van der Waals surface area contributed by atoms with Crippen molar-refractivity contribution in [2.24, 2.45) is 0 Å². The van der Waals surface area contributed by atoms with E-state index in [-0.39, 0.29) is 11.2 Å². The smallest absolute Gasteiger partial charge is 0.161 e. The zero-order valence-corrected chi connectivity index (χ0v) is 18.8. The van der Waals surface area contributed by atoms with Gasteiger partial charge < -0.3 is 9.47 Å². The molecule has 154 valence electrons. The molecule has 0 fully saturated rings. The van der Waals surface area contributed by atoms with Crippen LogP contribution in [0.4, 0.5) is 0 Å². The number of hydrogen-bond donors (Lipinski definition) is 0. The number of unbranched alkanes of at least 4 members (excludes halogenated alkanes) is 3. The number of benzene rings is 2. The van der Waals surface area contributed by atoms with E-state index in [0.29, 0.717) is 13.0 Å². The predicted octanol–water partition coefficient (Wildman–Crippen LogP) is 6.62. The predicted molar refractivity (Wildman–Crippen MR) is 121 cm³/mol. The Kier molecular flexibility index (Phi) is 7.54. The minimum absolute atomic E-state index is 0.179. The average molecular weight is 457 g/mol. The van der Waals surface area contributed by atoms with Crippen LogP contribution in [0.5, 0.6) is 11.5 Å². The first-order valence-corrected chi connectivity index (χ1v) is 11.2. The summed E-state index contributed by atoms with van der Waals surface area (Å²) in [6.45, 7) is 2.89. The highest BCUT2D eigenvalue weighted by atomic mass is 79.9. The molecule has 2 aromatic rings. The largest absolute Gasteiger partial charge is 0.493 e. The molecule has 0 bridgehead atoms. The summed E-state index contributed by atoms with van der Waals surface area (Å²) < 4.78 is 12.7. The summed E-state index contributed by atoms with van der Waals surface area (Å²) in [5.74, 6) is 1.69. The van der Waals surface area contributed by atoms with E-state index < -0.39 is 0 Å². The van der Waals surface area contributed by atoms with E-state index >= 15 is 0 Å². The number of ether oxygens (including phenoxy) is 2. The fourth-order valence-electron chi connectivity index (χ4n) is 3.90. The van der Waals surface area contributed by atoms with Gasteiger partial charge in [0.1, 0.15) is 0 Å². The maximum atomic E-state index is 11.9. The van der Waals surface area contributed by atoms with Gasteiger partial charge in [0.15, 0.2) is 17.3 Å². The van der Waals surface area contributed by atoms with Gasteiger partial charge in [0.25, 0.3) is 0 Å². The van der Waals surface area contributed by atoms with Crippen molar-refractivity contribution in [2.75, 3.05) is 13.7 Å². The topological polar surface area (TPSA) is 35.5 Å². The maximum absolute atomic E-state index is 11.9. The Morgan fingerprint density at radius 1 is 1.00 bits per heavy atom. The Morgan fingerprint density at radius 3 is 2.41 bits per heavy atom. The number of carbonyl (C=O) groups excluding carboxylic acids is 1. The second-order valence-corrected chi connectivity index (χ2v) is 8.47. The molecule has 3 rings (SSSR count). The molecule has 2 aromatic carbocycles. The highest BCUT2D eigenvalue weighted by Gasteiger charge is 2.35. The molecule has 0 N–H and O–H groups in total. The number of methoxy groups -OCH3 is 1. The molecule has 1 atom stereocenters. The summed E-state index contributed by atoms with van der Waals surface area (Å²) in [7, 11) is 1.67. The van der Waals surface area contributed by atoms with Gasteiger partial charge in [0.05, 0.1) is 13.7 Å². The van der Waals surface area contributed by atoms with Crippen molar-refractivity contribution in [3.05, 3.63) is 70.2 Å². The van der Waals surface area contributed by atoms with Gasteiger partial charge in [-0.2, -0.15) is 0 Å². The van der Waals surface area contributed by atoms with Gasteiger partial charge in [-0.25, -0.2) is 0 Å². The third-order valence-electron chi connectivity index (χ3n) is 5.61. The summed E-state index contributed by atoms with van der Waals surface area (Å²) in [5.41, 5.74) is 1.94. The molecule has 0 saturated carbocycles. The quantitative estimate of drug-likeness (QED) is 0.397. The summed E-state index contributed by atoms with van der Waals surface area (Å²) >= 11 is 3.52. The van der Waals surface area contributed by atoms with Crippen LogP contribution in [-0.2, 0) is 10.2 Å². The normalized spacial score (nSPS) is 18.7. The highest BCUT2D eigenvalue weighted by molar-refractivity contribution is 9.10. The van der Waals surface area contributed by atoms with Crippen molar-refractivity contribution in [3.8, 4) is 11.5 Å². The van der Waals surface area contributed by atoms with Gasteiger partial charge in [0, 0.05) is 16.3 Å². The van der Waals surface area contributed by atoms with Gasteiger partial charge in [-0.1, -0.05) is 66.4 Å². The van der Waals surface area contributed by atoms with E-state index in [1.807, 2.05) is 6.07 Å². The van der Waals surface area contributed by atoms with Crippen molar-refractivity contribution in [1.82, 2.24) is 0 Å². The van der Waals surface area contributed by atoms with Crippen LogP contribution >= 0.6 is 15.9 Å². The third kappa shape index (κ3) is 5.11. The molecule has 4 heteroatoms. The van der Waals surface area contributed by atoms with E-state index in [9.17, 15) is 4.79 Å². The zero-order chi connectivity index (χ0) is 20.7. The van der Waals surface area contributed by atoms with E-state index in [4.69, 9.17) is 9.47 Å². The molecule has 1 aliphatic rings. The summed E-state index contributed by atoms with van der Waals surface area (Å²) in [6.07, 6.45) is 9.69. The second-order valence-electron chi connectivity index (χ2n) is 7.55. The maximum Gasteiger partial charge on any atom is 0.161 e. The van der Waals surface area contributed by atoms with Crippen LogP contribution in [0.25, 0.3) is 0 Å². The minimum atomic E-state index is -0.346. The first-order valence-electron chi connectivity index (χ1n) is 10.4. The fourth-order valence-corrected chi connectivity index (χ4v) is 4.16. The highest BCUT2D eigenvalue weighted by Crippen LogP contribution is 2.43. The first-order chi connectivity index (χ1) is 14.1. The number of rotatable bonds is 9. The van der Waals surface area contributed by atoms with Crippen LogP contribution in [0, 0.1) is 0 Å². The molecule has 0 aromatic heterocycles. The van der Waals surface area contributed by atoms with Gasteiger partial charge in [0.2, 0.25) is 0 Å². The van der Waals surface area contributed by atoms with Crippen molar-refractivity contribution in [1.29, 1.82) is 0 Å². The Bertz CT molecular complexity index is 857. The SMILES string of the molecule is CCCCCCOc1cc(C2(c3ccc(Br)cc3)C=CC(=O)CC2)ccc1OC. The standard InChI is InChI=1S/C25H29BrO3/c1-3-4-5-6-17-29-24-18-20(9-12-23(24)28-2)25(15-13-22(27)14-16-25)19-7-10-21(26)11-8-19/h7-13,15,18H,3-6,14,16-17H2,1-2H3. The van der Waals surface area contributed by atoms with Gasteiger partial charge in [-0.15, -0.1) is 0 Å². The van der Waals surface area contributed by atoms with E-state index in [1.54, 1.807) is 13.2 Å². The third-order valence-corrected chi connectivity index (χ3v) is 6.14. The molecular weight excluding hydrogens is 428 g/mol. The number of allylic oxidation sites excluding steroid dienone is 2. The van der Waals surface area contributed by atoms with Crippen LogP contribution in [0.3, 0.4) is 0 Å². The summed E-state index contributed by atoms with van der Waals surface area (Å²) in [4.78, 5) is 11.9. The molecule has 0 heterocycles. The van der Waals surface area contributed by atoms with E-state index in [2.05, 4.69) is 65.3 Å². The molecule has 0 aliphatic heterocycles. The molecule has 29 heavy (non-hydrogen) atoms. The average Bonchev–Trinajstić information content (AvgIpc) is 2.75. The lowest BCUT2D eigenvalue weighted by Gasteiger charge is -2.34. The Morgan fingerprint density at radius 2 is 1.76 bits per heavy atom. The molecule has 0 spiro atoms. The van der Waals surface area contributed by atoms with Gasteiger partial charge >= 0.3 is 0 Å². The summed E-state index contributed by atoms with van der Waals surface area (Å²) in [5, 5.41) is 0. The molecular formula is C25H29BrO3. The van der Waals surface area contributed by atoms with Gasteiger partial charge in [-0.3, -0.25) is 4.79 Å². The van der Waals surface area contributed by atoms with E-state index in [0.717, 1.165) is 34.4 Å². The Balaban J connectivity index is 1.95. The van der Waals surface area contributed by atoms with Crippen LogP contribution in [-0.4, -0.2) is 19.5 Å². The van der Waals surface area contributed by atoms with Crippen LogP contribution < -0.4 is 9.47 Å². The fraction of sp³-hybridized carbons (Fsp3) is 0.400. The second kappa shape index (κ2) is 10.1. The Labute approximate surface area is 182 Å². The lowest BCUT2D eigenvalue weighted by molar-refractivity contribution is -0.115. The zero-order valence-electron chi connectivity index (χ0n) is 17.2. The molecule has 0 saturated heterocycles. The van der Waals surface area contributed by atoms with Crippen molar-refractivity contribution in [2.45, 2.75) is 50.9 Å². The minimum Gasteiger partial charge on any atom is -0.493 e. The lowest BCUT2D eigenvalue weighted by atomic mass is 9.68.